The summed E-state index contributed by atoms with van der Waals surface area (Å²) in [4.78, 5) is 0. The topological polar surface area (TPSA) is 27.1 Å². The molecule has 86 valence electrons. The predicted octanol–water partition coefficient (Wildman–Crippen LogP) is 3.20. The fourth-order valence-corrected chi connectivity index (χ4v) is 1.49. The molecule has 0 aliphatic heterocycles. The van der Waals surface area contributed by atoms with E-state index in [1.54, 1.807) is 0 Å². The summed E-state index contributed by atoms with van der Waals surface area (Å²) >= 11 is 1.98. The smallest absolute Gasteiger partial charge is 0.333 e. The van der Waals surface area contributed by atoms with E-state index in [-0.39, 0.29) is 12.7 Å². The molecule has 6 heteroatoms. The minimum absolute atomic E-state index is 0.123. The van der Waals surface area contributed by atoms with Crippen LogP contribution < -0.4 is 0 Å². The van der Waals surface area contributed by atoms with E-state index in [4.69, 9.17) is 4.74 Å². The molecular weight excluding hydrogens is 317 g/mol. The molecule has 0 N–H and O–H groups in total. The van der Waals surface area contributed by atoms with Crippen molar-refractivity contribution < 1.29 is 13.5 Å². The maximum Gasteiger partial charge on any atom is 0.333 e. The molecule has 3 nitrogen and oxygen atoms in total. The first kappa shape index (κ1) is 12.8. The van der Waals surface area contributed by atoms with Crippen molar-refractivity contribution in [3.8, 4) is 0 Å². The third-order valence-electron chi connectivity index (χ3n) is 2.04. The van der Waals surface area contributed by atoms with E-state index in [2.05, 4.69) is 5.10 Å². The Morgan fingerprint density at radius 1 is 1.60 bits per heavy atom. The lowest BCUT2D eigenvalue weighted by atomic mass is 10.3. The Balaban J connectivity index is 2.61. The van der Waals surface area contributed by atoms with Crippen LogP contribution in [0.15, 0.2) is 6.20 Å². The molecule has 1 atom stereocenters. The van der Waals surface area contributed by atoms with Gasteiger partial charge in [-0.2, -0.15) is 13.9 Å². The van der Waals surface area contributed by atoms with E-state index in [0.29, 0.717) is 13.9 Å². The summed E-state index contributed by atoms with van der Waals surface area (Å²) in [5, 5.41) is 3.75. The molecule has 0 saturated heterocycles. The fraction of sp³-hybridized carbons (Fsp3) is 0.667. The summed E-state index contributed by atoms with van der Waals surface area (Å²) in [7, 11) is 0. The molecule has 1 aromatic heterocycles. The second-order valence-corrected chi connectivity index (χ2v) is 4.37. The average molecular weight is 330 g/mol. The van der Waals surface area contributed by atoms with Crippen LogP contribution in [0.5, 0.6) is 0 Å². The molecule has 0 aromatic carbocycles. The summed E-state index contributed by atoms with van der Waals surface area (Å²) in [5.41, 5.74) is 0.566. The standard InChI is InChI=1S/C9H13F2IN2O/c1-3-6(2)15-5-8-7(12)4-14(13-8)9(10)11/h4,6,9H,3,5H2,1-2H3. The van der Waals surface area contributed by atoms with Crippen molar-refractivity contribution in [3.63, 3.8) is 0 Å². The van der Waals surface area contributed by atoms with Gasteiger partial charge in [-0.25, -0.2) is 4.68 Å². The Bertz CT molecular complexity index is 317. The van der Waals surface area contributed by atoms with Crippen LogP contribution in [0.2, 0.25) is 0 Å². The number of rotatable bonds is 5. The molecule has 0 amide bonds. The third kappa shape index (κ3) is 3.67. The van der Waals surface area contributed by atoms with Crippen molar-refractivity contribution in [1.82, 2.24) is 9.78 Å². The summed E-state index contributed by atoms with van der Waals surface area (Å²) in [6.45, 7) is 1.65. The Morgan fingerprint density at radius 2 is 2.27 bits per heavy atom. The van der Waals surface area contributed by atoms with E-state index < -0.39 is 6.55 Å². The van der Waals surface area contributed by atoms with Gasteiger partial charge in [-0.15, -0.1) is 0 Å². The molecule has 1 unspecified atom stereocenters. The molecule has 0 fully saturated rings. The van der Waals surface area contributed by atoms with Gasteiger partial charge in [-0.1, -0.05) is 6.92 Å². The second-order valence-electron chi connectivity index (χ2n) is 3.21. The van der Waals surface area contributed by atoms with Gasteiger partial charge in [-0.3, -0.25) is 0 Å². The first-order valence-electron chi connectivity index (χ1n) is 4.67. The minimum Gasteiger partial charge on any atom is -0.372 e. The van der Waals surface area contributed by atoms with E-state index >= 15 is 0 Å². The van der Waals surface area contributed by atoms with Crippen molar-refractivity contribution in [1.29, 1.82) is 0 Å². The zero-order chi connectivity index (χ0) is 11.4. The number of halogens is 3. The molecule has 0 bridgehead atoms. The average Bonchev–Trinajstić information content (AvgIpc) is 2.56. The monoisotopic (exact) mass is 330 g/mol. The predicted molar refractivity (Wildman–Crippen MR) is 60.7 cm³/mol. The lowest BCUT2D eigenvalue weighted by Gasteiger charge is -2.08. The summed E-state index contributed by atoms with van der Waals surface area (Å²) in [6, 6.07) is 0. The lowest BCUT2D eigenvalue weighted by molar-refractivity contribution is 0.0413. The maximum atomic E-state index is 12.3. The van der Waals surface area contributed by atoms with Gasteiger partial charge in [0, 0.05) is 6.20 Å². The second kappa shape index (κ2) is 5.74. The number of ether oxygens (including phenoxy) is 1. The molecule has 1 aromatic rings. The van der Waals surface area contributed by atoms with Crippen LogP contribution >= 0.6 is 22.6 Å². The Hall–Kier alpha value is -0.240. The molecule has 1 rings (SSSR count). The Labute approximate surface area is 101 Å². The van der Waals surface area contributed by atoms with Crippen molar-refractivity contribution in [3.05, 3.63) is 15.5 Å². The van der Waals surface area contributed by atoms with Crippen LogP contribution in [0.4, 0.5) is 8.78 Å². The first-order chi connectivity index (χ1) is 7.04. The highest BCUT2D eigenvalue weighted by molar-refractivity contribution is 14.1. The van der Waals surface area contributed by atoms with E-state index in [9.17, 15) is 8.78 Å². The Kier molecular flexibility index (Phi) is 4.91. The van der Waals surface area contributed by atoms with Gasteiger partial charge in [0.05, 0.1) is 16.3 Å². The van der Waals surface area contributed by atoms with Crippen LogP contribution in [0, 0.1) is 3.57 Å². The van der Waals surface area contributed by atoms with Crippen LogP contribution in [-0.4, -0.2) is 15.9 Å². The molecule has 0 aliphatic rings. The SMILES string of the molecule is CCC(C)OCc1nn(C(F)F)cc1I. The van der Waals surface area contributed by atoms with Gasteiger partial charge in [0.25, 0.3) is 0 Å². The van der Waals surface area contributed by atoms with Crippen LogP contribution in [0.3, 0.4) is 0 Å². The normalized spacial score (nSPS) is 13.5. The first-order valence-corrected chi connectivity index (χ1v) is 5.75. The molecule has 0 radical (unpaired) electrons. The molecular formula is C9H13F2IN2O. The van der Waals surface area contributed by atoms with Gasteiger partial charge < -0.3 is 4.74 Å². The number of hydrogen-bond donors (Lipinski definition) is 0. The maximum absolute atomic E-state index is 12.3. The number of alkyl halides is 2. The molecule has 0 aliphatic carbocycles. The van der Waals surface area contributed by atoms with Gasteiger partial charge in [-0.05, 0) is 35.9 Å². The van der Waals surface area contributed by atoms with Crippen molar-refractivity contribution >= 4 is 22.6 Å². The molecule has 0 spiro atoms. The van der Waals surface area contributed by atoms with Gasteiger partial charge in [0.1, 0.15) is 5.69 Å². The minimum atomic E-state index is -2.59. The van der Waals surface area contributed by atoms with E-state index in [1.807, 2.05) is 36.4 Å². The highest BCUT2D eigenvalue weighted by Crippen LogP contribution is 2.17. The number of nitrogens with zero attached hydrogens (tertiary/aromatic N) is 2. The lowest BCUT2D eigenvalue weighted by Crippen LogP contribution is -2.07. The molecule has 1 heterocycles. The summed E-state index contributed by atoms with van der Waals surface area (Å²) in [6.07, 6.45) is 2.34. The van der Waals surface area contributed by atoms with Crippen molar-refractivity contribution in [2.75, 3.05) is 0 Å². The van der Waals surface area contributed by atoms with Crippen LogP contribution in [-0.2, 0) is 11.3 Å². The van der Waals surface area contributed by atoms with Gasteiger partial charge in [0.2, 0.25) is 0 Å². The Morgan fingerprint density at radius 3 is 2.73 bits per heavy atom. The summed E-state index contributed by atoms with van der Waals surface area (Å²) in [5.74, 6) is 0. The molecule has 0 saturated carbocycles. The molecule has 15 heavy (non-hydrogen) atoms. The zero-order valence-corrected chi connectivity index (χ0v) is 10.7. The quantitative estimate of drug-likeness (QED) is 0.776. The zero-order valence-electron chi connectivity index (χ0n) is 8.58. The third-order valence-corrected chi connectivity index (χ3v) is 2.94. The fourth-order valence-electron chi connectivity index (χ4n) is 0.944. The number of hydrogen-bond acceptors (Lipinski definition) is 2. The largest absolute Gasteiger partial charge is 0.372 e. The van der Waals surface area contributed by atoms with Crippen LogP contribution in [0.25, 0.3) is 0 Å². The highest BCUT2D eigenvalue weighted by Gasteiger charge is 2.13. The van der Waals surface area contributed by atoms with Crippen molar-refractivity contribution in [2.24, 2.45) is 0 Å². The highest BCUT2D eigenvalue weighted by atomic mass is 127. The van der Waals surface area contributed by atoms with Crippen LogP contribution in [0.1, 0.15) is 32.5 Å². The summed E-state index contributed by atoms with van der Waals surface area (Å²) < 4.78 is 31.3. The van der Waals surface area contributed by atoms with Crippen molar-refractivity contribution in [2.45, 2.75) is 39.5 Å². The van der Waals surface area contributed by atoms with Gasteiger partial charge >= 0.3 is 6.55 Å². The van der Waals surface area contributed by atoms with E-state index in [0.717, 1.165) is 6.42 Å². The number of aromatic nitrogens is 2. The van der Waals surface area contributed by atoms with E-state index in [1.165, 1.54) is 6.20 Å². The van der Waals surface area contributed by atoms with Gasteiger partial charge in [0.15, 0.2) is 0 Å².